The van der Waals surface area contributed by atoms with Crippen LogP contribution < -0.4 is 4.74 Å². The smallest absolute Gasteiger partial charge is 0.338 e. The molecular weight excluding hydrogens is 471 g/mol. The average molecular weight is 495 g/mol. The van der Waals surface area contributed by atoms with Gasteiger partial charge in [0, 0.05) is 16.2 Å². The minimum absolute atomic E-state index is 0.387. The zero-order valence-corrected chi connectivity index (χ0v) is 20.8. The molecular formula is C27H24Cl2N2O3. The highest BCUT2D eigenvalue weighted by atomic mass is 35.5. The van der Waals surface area contributed by atoms with Gasteiger partial charge in [-0.25, -0.2) is 9.48 Å². The first kappa shape index (κ1) is 23.9. The quantitative estimate of drug-likeness (QED) is 0.264. The van der Waals surface area contributed by atoms with E-state index in [4.69, 9.17) is 32.7 Å². The van der Waals surface area contributed by atoms with Crippen molar-refractivity contribution in [3.05, 3.63) is 94.1 Å². The number of nitrogens with zero attached hydrogens (tertiary/aromatic N) is 2. The van der Waals surface area contributed by atoms with Crippen LogP contribution in [0, 0.1) is 6.92 Å². The third-order valence-electron chi connectivity index (χ3n) is 4.86. The van der Waals surface area contributed by atoms with E-state index in [1.165, 1.54) is 0 Å². The lowest BCUT2D eigenvalue weighted by Gasteiger charge is -2.19. The highest BCUT2D eigenvalue weighted by molar-refractivity contribution is 6.34. The molecule has 34 heavy (non-hydrogen) atoms. The second-order valence-electron chi connectivity index (χ2n) is 8.91. The maximum atomic E-state index is 12.3. The first-order valence-corrected chi connectivity index (χ1v) is 11.5. The highest BCUT2D eigenvalue weighted by Crippen LogP contribution is 2.34. The number of hydrogen-bond acceptors (Lipinski definition) is 4. The number of aromatic nitrogens is 2. The maximum absolute atomic E-state index is 12.3. The number of ether oxygens (including phenoxy) is 2. The SMILES string of the molecule is Cc1ccc(-c2cn(-c3cc(Cl)cc(Cl)c3)nc2Oc2ccc(C(=O)OC(C)(C)C)cc2)cc1. The Labute approximate surface area is 208 Å². The predicted octanol–water partition coefficient (Wildman–Crippen LogP) is 7.90. The molecule has 0 bridgehead atoms. The van der Waals surface area contributed by atoms with Crippen LogP contribution in [0.15, 0.2) is 72.9 Å². The van der Waals surface area contributed by atoms with E-state index in [0.29, 0.717) is 32.9 Å². The van der Waals surface area contributed by atoms with Crippen LogP contribution in [0.5, 0.6) is 11.6 Å². The second-order valence-corrected chi connectivity index (χ2v) is 9.79. The molecule has 1 heterocycles. The summed E-state index contributed by atoms with van der Waals surface area (Å²) in [5.41, 5.74) is 3.49. The average Bonchev–Trinajstić information content (AvgIpc) is 3.17. The van der Waals surface area contributed by atoms with E-state index >= 15 is 0 Å². The molecule has 4 rings (SSSR count). The molecule has 0 N–H and O–H groups in total. The number of benzene rings is 3. The van der Waals surface area contributed by atoms with E-state index < -0.39 is 5.60 Å². The summed E-state index contributed by atoms with van der Waals surface area (Å²) in [5, 5.41) is 5.67. The molecule has 0 spiro atoms. The van der Waals surface area contributed by atoms with Gasteiger partial charge in [0.25, 0.3) is 0 Å². The lowest BCUT2D eigenvalue weighted by molar-refractivity contribution is 0.00695. The number of aryl methyl sites for hydroxylation is 1. The van der Waals surface area contributed by atoms with Gasteiger partial charge in [-0.2, -0.15) is 0 Å². The normalized spacial score (nSPS) is 11.4. The van der Waals surface area contributed by atoms with E-state index in [1.54, 1.807) is 47.1 Å². The fourth-order valence-corrected chi connectivity index (χ4v) is 3.79. The summed E-state index contributed by atoms with van der Waals surface area (Å²) in [6.45, 7) is 7.53. The van der Waals surface area contributed by atoms with Gasteiger partial charge in [0.15, 0.2) is 0 Å². The first-order valence-electron chi connectivity index (χ1n) is 10.7. The summed E-state index contributed by atoms with van der Waals surface area (Å²) in [6.07, 6.45) is 1.87. The number of esters is 1. The van der Waals surface area contributed by atoms with Crippen molar-refractivity contribution in [1.29, 1.82) is 0 Å². The second kappa shape index (κ2) is 9.53. The minimum Gasteiger partial charge on any atom is -0.456 e. The van der Waals surface area contributed by atoms with Crippen molar-refractivity contribution >= 4 is 29.2 Å². The molecule has 0 saturated carbocycles. The topological polar surface area (TPSA) is 53.4 Å². The third kappa shape index (κ3) is 5.79. The molecule has 0 amide bonds. The van der Waals surface area contributed by atoms with E-state index in [9.17, 15) is 4.79 Å². The molecule has 4 aromatic rings. The molecule has 7 heteroatoms. The van der Waals surface area contributed by atoms with Crippen molar-refractivity contribution in [1.82, 2.24) is 9.78 Å². The molecule has 1 aromatic heterocycles. The first-order chi connectivity index (χ1) is 16.1. The van der Waals surface area contributed by atoms with Crippen molar-refractivity contribution in [3.8, 4) is 28.4 Å². The van der Waals surface area contributed by atoms with Crippen LogP contribution in [0.25, 0.3) is 16.8 Å². The summed E-state index contributed by atoms with van der Waals surface area (Å²) < 4.78 is 13.2. The Kier molecular flexibility index (Phi) is 6.69. The van der Waals surface area contributed by atoms with Gasteiger partial charge in [0.05, 0.1) is 16.8 Å². The summed E-state index contributed by atoms with van der Waals surface area (Å²) in [6, 6.07) is 20.1. The van der Waals surface area contributed by atoms with Gasteiger partial charge in [0.2, 0.25) is 5.88 Å². The molecule has 0 aliphatic carbocycles. The molecule has 0 aliphatic heterocycles. The van der Waals surface area contributed by atoms with Crippen molar-refractivity contribution < 1.29 is 14.3 Å². The number of halogens is 2. The maximum Gasteiger partial charge on any atom is 0.338 e. The van der Waals surface area contributed by atoms with Gasteiger partial charge in [-0.05, 0) is 75.7 Å². The van der Waals surface area contributed by atoms with Crippen LogP contribution in [0.2, 0.25) is 10.0 Å². The molecule has 174 valence electrons. The molecule has 5 nitrogen and oxygen atoms in total. The Hall–Kier alpha value is -3.28. The molecule has 0 fully saturated rings. The zero-order chi connectivity index (χ0) is 24.5. The molecule has 0 radical (unpaired) electrons. The van der Waals surface area contributed by atoms with Gasteiger partial charge in [0.1, 0.15) is 11.4 Å². The zero-order valence-electron chi connectivity index (χ0n) is 19.3. The summed E-state index contributed by atoms with van der Waals surface area (Å²) in [7, 11) is 0. The Morgan fingerprint density at radius 1 is 0.912 bits per heavy atom. The molecule has 0 saturated heterocycles. The Balaban J connectivity index is 1.68. The van der Waals surface area contributed by atoms with Gasteiger partial charge in [-0.15, -0.1) is 5.10 Å². The standard InChI is InChI=1S/C27H24Cl2N2O3/c1-17-5-7-18(8-6-17)24-16-31(22-14-20(28)13-21(29)15-22)30-25(24)33-23-11-9-19(10-12-23)26(32)34-27(2,3)4/h5-16H,1-4H3. The van der Waals surface area contributed by atoms with Crippen molar-refractivity contribution in [2.45, 2.75) is 33.3 Å². The Morgan fingerprint density at radius 2 is 1.53 bits per heavy atom. The Bertz CT molecular complexity index is 1300. The Morgan fingerprint density at radius 3 is 2.12 bits per heavy atom. The number of hydrogen-bond donors (Lipinski definition) is 0. The van der Waals surface area contributed by atoms with Crippen LogP contribution in [-0.4, -0.2) is 21.4 Å². The summed E-state index contributed by atoms with van der Waals surface area (Å²) in [4.78, 5) is 12.3. The van der Waals surface area contributed by atoms with Crippen LogP contribution in [0.3, 0.4) is 0 Å². The predicted molar refractivity (Wildman–Crippen MR) is 135 cm³/mol. The minimum atomic E-state index is -0.564. The van der Waals surface area contributed by atoms with Gasteiger partial charge < -0.3 is 9.47 Å². The van der Waals surface area contributed by atoms with Crippen molar-refractivity contribution in [3.63, 3.8) is 0 Å². The van der Waals surface area contributed by atoms with Crippen LogP contribution in [0.1, 0.15) is 36.7 Å². The molecule has 0 aliphatic rings. The van der Waals surface area contributed by atoms with Gasteiger partial charge >= 0.3 is 5.97 Å². The van der Waals surface area contributed by atoms with Crippen LogP contribution in [0.4, 0.5) is 0 Å². The highest BCUT2D eigenvalue weighted by Gasteiger charge is 2.19. The van der Waals surface area contributed by atoms with Crippen LogP contribution >= 0.6 is 23.2 Å². The van der Waals surface area contributed by atoms with E-state index in [2.05, 4.69) is 5.10 Å². The van der Waals surface area contributed by atoms with E-state index in [-0.39, 0.29) is 5.97 Å². The monoisotopic (exact) mass is 494 g/mol. The van der Waals surface area contributed by atoms with Crippen LogP contribution in [-0.2, 0) is 4.74 Å². The largest absolute Gasteiger partial charge is 0.456 e. The summed E-state index contributed by atoms with van der Waals surface area (Å²) in [5.74, 6) is 0.557. The number of rotatable bonds is 5. The molecule has 0 unspecified atom stereocenters. The lowest BCUT2D eigenvalue weighted by atomic mass is 10.1. The van der Waals surface area contributed by atoms with Crippen molar-refractivity contribution in [2.24, 2.45) is 0 Å². The van der Waals surface area contributed by atoms with Gasteiger partial charge in [-0.1, -0.05) is 53.0 Å². The fourth-order valence-electron chi connectivity index (χ4n) is 3.28. The van der Waals surface area contributed by atoms with Gasteiger partial charge in [-0.3, -0.25) is 0 Å². The van der Waals surface area contributed by atoms with E-state index in [0.717, 1.165) is 16.7 Å². The molecule has 0 atom stereocenters. The molecule has 3 aromatic carbocycles. The fraction of sp³-hybridized carbons (Fsp3) is 0.185. The number of carbonyl (C=O) groups excluding carboxylic acids is 1. The van der Waals surface area contributed by atoms with Crippen molar-refractivity contribution in [2.75, 3.05) is 0 Å². The lowest BCUT2D eigenvalue weighted by Crippen LogP contribution is -2.23. The third-order valence-corrected chi connectivity index (χ3v) is 5.29. The summed E-state index contributed by atoms with van der Waals surface area (Å²) >= 11 is 12.4. The van der Waals surface area contributed by atoms with E-state index in [1.807, 2.05) is 58.2 Å². The number of carbonyl (C=O) groups is 1.